The number of rotatable bonds is 3. The molecule has 2 N–H and O–H groups in total. The quantitative estimate of drug-likeness (QED) is 0.780. The van der Waals surface area contributed by atoms with Gasteiger partial charge >= 0.3 is 30.2 Å². The molecule has 12 heteroatoms. The highest BCUT2D eigenvalue weighted by atomic mass is 19.4. The molecule has 0 rings (SSSR count). The van der Waals surface area contributed by atoms with Crippen LogP contribution >= 0.6 is 0 Å². The Morgan fingerprint density at radius 2 is 1.32 bits per heavy atom. The molecular formula is C7H5F8NO3. The average Bonchev–Trinajstić information content (AvgIpc) is 2.13. The van der Waals surface area contributed by atoms with Crippen LogP contribution < -0.4 is 5.32 Å². The van der Waals surface area contributed by atoms with Crippen LogP contribution in [0.15, 0.2) is 0 Å². The Kier molecular flexibility index (Phi) is 4.11. The average molecular weight is 303 g/mol. The third-order valence-corrected chi connectivity index (χ3v) is 2.03. The number of carbonyl (C=O) groups is 2. The van der Waals surface area contributed by atoms with Crippen molar-refractivity contribution in [3.63, 3.8) is 0 Å². The number of carboxylic acid groups (broad SMARTS) is 1. The number of carbonyl (C=O) groups excluding carboxylic acids is 1. The molecule has 0 aliphatic heterocycles. The van der Waals surface area contributed by atoms with Crippen molar-refractivity contribution >= 4 is 11.9 Å². The number of alkyl halides is 8. The summed E-state index contributed by atoms with van der Waals surface area (Å²) in [7, 11) is 0. The van der Waals surface area contributed by atoms with Crippen LogP contribution in [0.25, 0.3) is 0 Å². The molecule has 0 heterocycles. The van der Waals surface area contributed by atoms with Gasteiger partial charge in [0.25, 0.3) is 0 Å². The van der Waals surface area contributed by atoms with Gasteiger partial charge in [0, 0.05) is 0 Å². The summed E-state index contributed by atoms with van der Waals surface area (Å²) in [5, 5.41) is 8.43. The second kappa shape index (κ2) is 4.49. The lowest BCUT2D eigenvalue weighted by atomic mass is 9.92. The number of carboxylic acids is 1. The van der Waals surface area contributed by atoms with E-state index in [-0.39, 0.29) is 12.2 Å². The Labute approximate surface area is 98.9 Å². The van der Waals surface area contributed by atoms with Crippen LogP contribution in [-0.4, -0.2) is 40.8 Å². The summed E-state index contributed by atoms with van der Waals surface area (Å²) in [6.45, 7) is -0.382. The molecule has 0 saturated heterocycles. The molecule has 0 aliphatic carbocycles. The number of hydrogen-bond donors (Lipinski definition) is 2. The van der Waals surface area contributed by atoms with Gasteiger partial charge in [-0.1, -0.05) is 0 Å². The number of hydrogen-bond acceptors (Lipinski definition) is 2. The Hall–Kier alpha value is -1.62. The molecule has 0 fully saturated rings. The monoisotopic (exact) mass is 303 g/mol. The van der Waals surface area contributed by atoms with Crippen molar-refractivity contribution in [3.05, 3.63) is 0 Å². The van der Waals surface area contributed by atoms with Gasteiger partial charge in [0.2, 0.25) is 5.54 Å². The van der Waals surface area contributed by atoms with Gasteiger partial charge in [-0.05, 0) is 6.92 Å². The Morgan fingerprint density at radius 3 is 1.53 bits per heavy atom. The van der Waals surface area contributed by atoms with Gasteiger partial charge in [0.05, 0.1) is 0 Å². The van der Waals surface area contributed by atoms with Gasteiger partial charge in [-0.3, -0.25) is 4.79 Å². The van der Waals surface area contributed by atoms with Crippen molar-refractivity contribution in [2.75, 3.05) is 0 Å². The maximum atomic E-state index is 12.9. The minimum absolute atomic E-state index is 0.146. The predicted octanol–water partition coefficient (Wildman–Crippen LogP) is 1.71. The first-order chi connectivity index (χ1) is 8.07. The van der Waals surface area contributed by atoms with Gasteiger partial charge in [-0.15, -0.1) is 0 Å². The molecule has 1 atom stereocenters. The molecule has 0 aromatic carbocycles. The Bertz CT molecular complexity index is 387. The van der Waals surface area contributed by atoms with E-state index >= 15 is 0 Å². The van der Waals surface area contributed by atoms with E-state index in [1.54, 1.807) is 0 Å². The molecule has 0 aromatic rings. The standard InChI is InChI=1S/C7H5F8NO3/c1-4(3(18)19,6(11,12)7(13,14)15)16-2(17)5(8,9)10/h1H3,(H,16,17)(H,18,19). The summed E-state index contributed by atoms with van der Waals surface area (Å²) < 4.78 is 97.1. The zero-order chi connectivity index (χ0) is 15.9. The SMILES string of the molecule is CC(NC(=O)C(F)(F)F)(C(=O)O)C(F)(F)C(F)(F)F. The van der Waals surface area contributed by atoms with E-state index in [2.05, 4.69) is 0 Å². The van der Waals surface area contributed by atoms with Crippen LogP contribution in [0.4, 0.5) is 35.1 Å². The second-order valence-corrected chi connectivity index (χ2v) is 3.45. The number of amides is 1. The molecule has 112 valence electrons. The molecule has 0 aliphatic rings. The molecule has 19 heavy (non-hydrogen) atoms. The molecule has 0 radical (unpaired) electrons. The largest absolute Gasteiger partial charge is 0.479 e. The molecule has 1 unspecified atom stereocenters. The molecule has 0 bridgehead atoms. The maximum Gasteiger partial charge on any atom is 0.471 e. The highest BCUT2D eigenvalue weighted by molar-refractivity contribution is 5.90. The van der Waals surface area contributed by atoms with Crippen LogP contribution in [-0.2, 0) is 9.59 Å². The second-order valence-electron chi connectivity index (χ2n) is 3.45. The van der Waals surface area contributed by atoms with E-state index in [0.29, 0.717) is 0 Å². The lowest BCUT2D eigenvalue weighted by Gasteiger charge is -2.35. The Morgan fingerprint density at radius 1 is 0.947 bits per heavy atom. The minimum atomic E-state index is -6.47. The van der Waals surface area contributed by atoms with Crippen LogP contribution in [0, 0.1) is 0 Å². The molecule has 0 aromatic heterocycles. The summed E-state index contributed by atoms with van der Waals surface area (Å²) in [4.78, 5) is 20.8. The predicted molar refractivity (Wildman–Crippen MR) is 41.2 cm³/mol. The summed E-state index contributed by atoms with van der Waals surface area (Å²) >= 11 is 0. The smallest absolute Gasteiger partial charge is 0.471 e. The van der Waals surface area contributed by atoms with Crippen molar-refractivity contribution in [2.24, 2.45) is 0 Å². The maximum absolute atomic E-state index is 12.9. The first-order valence-electron chi connectivity index (χ1n) is 4.14. The third kappa shape index (κ3) is 3.04. The lowest BCUT2D eigenvalue weighted by Crippen LogP contribution is -2.69. The van der Waals surface area contributed by atoms with Crippen molar-refractivity contribution in [1.29, 1.82) is 0 Å². The van der Waals surface area contributed by atoms with Gasteiger partial charge in [0.1, 0.15) is 0 Å². The topological polar surface area (TPSA) is 66.4 Å². The highest BCUT2D eigenvalue weighted by Gasteiger charge is 2.73. The first-order valence-corrected chi connectivity index (χ1v) is 4.14. The molecular weight excluding hydrogens is 298 g/mol. The highest BCUT2D eigenvalue weighted by Crippen LogP contribution is 2.43. The summed E-state index contributed by atoms with van der Waals surface area (Å²) in [5.74, 6) is -12.3. The van der Waals surface area contributed by atoms with Crippen LogP contribution in [0.2, 0.25) is 0 Å². The number of aliphatic carboxylic acids is 1. The number of nitrogens with one attached hydrogen (secondary N) is 1. The van der Waals surface area contributed by atoms with Crippen molar-refractivity contribution in [2.45, 2.75) is 30.7 Å². The van der Waals surface area contributed by atoms with Gasteiger partial charge < -0.3 is 10.4 Å². The van der Waals surface area contributed by atoms with Gasteiger partial charge in [-0.25, -0.2) is 4.79 Å². The van der Waals surface area contributed by atoms with E-state index in [1.165, 1.54) is 0 Å². The van der Waals surface area contributed by atoms with Gasteiger partial charge in [0.15, 0.2) is 0 Å². The summed E-state index contributed by atoms with van der Waals surface area (Å²) in [6, 6.07) is 0. The normalized spacial score (nSPS) is 16.7. The van der Waals surface area contributed by atoms with Gasteiger partial charge in [-0.2, -0.15) is 35.1 Å². The van der Waals surface area contributed by atoms with Crippen molar-refractivity contribution in [3.8, 4) is 0 Å². The van der Waals surface area contributed by atoms with E-state index in [4.69, 9.17) is 5.11 Å². The summed E-state index contributed by atoms with van der Waals surface area (Å²) in [6.07, 6.45) is -12.3. The zero-order valence-corrected chi connectivity index (χ0v) is 8.79. The van der Waals surface area contributed by atoms with E-state index in [0.717, 1.165) is 0 Å². The van der Waals surface area contributed by atoms with E-state index in [9.17, 15) is 44.7 Å². The zero-order valence-electron chi connectivity index (χ0n) is 8.79. The van der Waals surface area contributed by atoms with Crippen molar-refractivity contribution in [1.82, 2.24) is 5.32 Å². The minimum Gasteiger partial charge on any atom is -0.479 e. The third-order valence-electron chi connectivity index (χ3n) is 2.03. The first kappa shape index (κ1) is 17.4. The fourth-order valence-corrected chi connectivity index (χ4v) is 0.848. The number of halogens is 8. The molecule has 0 spiro atoms. The molecule has 1 amide bonds. The van der Waals surface area contributed by atoms with Crippen LogP contribution in [0.3, 0.4) is 0 Å². The Balaban J connectivity index is 5.67. The molecule has 0 saturated carbocycles. The molecule has 4 nitrogen and oxygen atoms in total. The fourth-order valence-electron chi connectivity index (χ4n) is 0.848. The van der Waals surface area contributed by atoms with E-state index < -0.39 is 35.7 Å². The van der Waals surface area contributed by atoms with Crippen LogP contribution in [0.1, 0.15) is 6.92 Å². The van der Waals surface area contributed by atoms with E-state index in [1.807, 2.05) is 0 Å². The summed E-state index contributed by atoms with van der Waals surface area (Å²) in [5.41, 5.74) is -4.50. The fraction of sp³-hybridized carbons (Fsp3) is 0.714. The van der Waals surface area contributed by atoms with Crippen molar-refractivity contribution < 1.29 is 49.8 Å². The van der Waals surface area contributed by atoms with Crippen LogP contribution in [0.5, 0.6) is 0 Å². The lowest BCUT2D eigenvalue weighted by molar-refractivity contribution is -0.307.